The van der Waals surface area contributed by atoms with Gasteiger partial charge in [0, 0.05) is 12.5 Å². The second kappa shape index (κ2) is 5.87. The van der Waals surface area contributed by atoms with Crippen molar-refractivity contribution in [2.24, 2.45) is 0 Å². The molecule has 1 amide bonds. The van der Waals surface area contributed by atoms with Gasteiger partial charge in [-0.3, -0.25) is 9.59 Å². The first kappa shape index (κ1) is 13.6. The fourth-order valence-corrected chi connectivity index (χ4v) is 2.20. The lowest BCUT2D eigenvalue weighted by atomic mass is 9.90. The maximum Gasteiger partial charge on any atom is 0.303 e. The van der Waals surface area contributed by atoms with Crippen molar-refractivity contribution in [1.29, 1.82) is 0 Å². The van der Waals surface area contributed by atoms with Crippen molar-refractivity contribution in [3.63, 3.8) is 0 Å². The maximum absolute atomic E-state index is 12.3. The van der Waals surface area contributed by atoms with Crippen molar-refractivity contribution >= 4 is 11.9 Å². The SMILES string of the molecule is Cc1ccccc1C(CCC(=O)O)C(=O)NC1CC1. The lowest BCUT2D eigenvalue weighted by Crippen LogP contribution is -2.31. The molecule has 19 heavy (non-hydrogen) atoms. The van der Waals surface area contributed by atoms with E-state index in [0.29, 0.717) is 12.5 Å². The minimum atomic E-state index is -0.863. The molecule has 1 aromatic rings. The van der Waals surface area contributed by atoms with Gasteiger partial charge < -0.3 is 10.4 Å². The summed E-state index contributed by atoms with van der Waals surface area (Å²) in [6.07, 6.45) is 2.42. The van der Waals surface area contributed by atoms with Crippen molar-refractivity contribution in [1.82, 2.24) is 5.32 Å². The number of benzene rings is 1. The molecule has 1 fully saturated rings. The number of carboxylic acid groups (broad SMARTS) is 1. The van der Waals surface area contributed by atoms with Gasteiger partial charge in [0.15, 0.2) is 0 Å². The Morgan fingerprint density at radius 3 is 2.63 bits per heavy atom. The Hall–Kier alpha value is -1.84. The fraction of sp³-hybridized carbons (Fsp3) is 0.467. The van der Waals surface area contributed by atoms with Gasteiger partial charge in [-0.25, -0.2) is 0 Å². The highest BCUT2D eigenvalue weighted by atomic mass is 16.4. The Bertz CT molecular complexity index is 480. The summed E-state index contributed by atoms with van der Waals surface area (Å²) in [4.78, 5) is 23.0. The van der Waals surface area contributed by atoms with Crippen LogP contribution < -0.4 is 5.32 Å². The number of carbonyl (C=O) groups excluding carboxylic acids is 1. The van der Waals surface area contributed by atoms with Gasteiger partial charge in [-0.15, -0.1) is 0 Å². The first-order valence-electron chi connectivity index (χ1n) is 6.65. The van der Waals surface area contributed by atoms with Crippen LogP contribution in [-0.2, 0) is 9.59 Å². The number of rotatable bonds is 6. The Kier molecular flexibility index (Phi) is 4.20. The van der Waals surface area contributed by atoms with E-state index in [9.17, 15) is 9.59 Å². The molecule has 0 saturated heterocycles. The minimum absolute atomic E-state index is 0.0110. The first-order chi connectivity index (χ1) is 9.08. The minimum Gasteiger partial charge on any atom is -0.481 e. The molecule has 0 bridgehead atoms. The molecule has 1 aliphatic carbocycles. The molecule has 1 saturated carbocycles. The Balaban J connectivity index is 2.14. The number of carbonyl (C=O) groups is 2. The molecule has 0 radical (unpaired) electrons. The van der Waals surface area contributed by atoms with Crippen LogP contribution in [0.25, 0.3) is 0 Å². The van der Waals surface area contributed by atoms with Crippen LogP contribution in [0.5, 0.6) is 0 Å². The summed E-state index contributed by atoms with van der Waals surface area (Å²) in [5.41, 5.74) is 1.96. The van der Waals surface area contributed by atoms with Crippen LogP contribution in [0.3, 0.4) is 0 Å². The van der Waals surface area contributed by atoms with Crippen molar-refractivity contribution in [2.75, 3.05) is 0 Å². The van der Waals surface area contributed by atoms with E-state index in [4.69, 9.17) is 5.11 Å². The molecule has 1 aliphatic rings. The average Bonchev–Trinajstić information content (AvgIpc) is 3.15. The summed E-state index contributed by atoms with van der Waals surface area (Å²) in [6, 6.07) is 7.97. The Morgan fingerprint density at radius 1 is 1.37 bits per heavy atom. The highest BCUT2D eigenvalue weighted by Gasteiger charge is 2.29. The molecule has 2 rings (SSSR count). The molecule has 1 aromatic carbocycles. The second-order valence-electron chi connectivity index (χ2n) is 5.12. The molecule has 0 aliphatic heterocycles. The molecular formula is C15H19NO3. The van der Waals surface area contributed by atoms with E-state index in [1.54, 1.807) is 0 Å². The van der Waals surface area contributed by atoms with Gasteiger partial charge in [-0.1, -0.05) is 24.3 Å². The number of nitrogens with one attached hydrogen (secondary N) is 1. The molecule has 0 spiro atoms. The highest BCUT2D eigenvalue weighted by molar-refractivity contribution is 5.85. The summed E-state index contributed by atoms with van der Waals surface area (Å²) in [6.45, 7) is 1.95. The molecule has 4 nitrogen and oxygen atoms in total. The topological polar surface area (TPSA) is 66.4 Å². The molecule has 4 heteroatoms. The Morgan fingerprint density at radius 2 is 2.05 bits per heavy atom. The van der Waals surface area contributed by atoms with Crippen molar-refractivity contribution < 1.29 is 14.7 Å². The molecule has 102 valence electrons. The summed E-state index contributed by atoms with van der Waals surface area (Å²) < 4.78 is 0. The molecule has 1 atom stereocenters. The van der Waals surface area contributed by atoms with E-state index in [2.05, 4.69) is 5.32 Å². The number of aryl methyl sites for hydroxylation is 1. The van der Waals surface area contributed by atoms with E-state index in [1.807, 2.05) is 31.2 Å². The summed E-state index contributed by atoms with van der Waals surface area (Å²) in [5.74, 6) is -1.27. The number of aliphatic carboxylic acids is 1. The number of hydrogen-bond acceptors (Lipinski definition) is 2. The monoisotopic (exact) mass is 261 g/mol. The van der Waals surface area contributed by atoms with E-state index in [0.717, 1.165) is 24.0 Å². The zero-order valence-electron chi connectivity index (χ0n) is 11.1. The zero-order chi connectivity index (χ0) is 13.8. The number of amides is 1. The summed E-state index contributed by atoms with van der Waals surface area (Å²) in [7, 11) is 0. The highest BCUT2D eigenvalue weighted by Crippen LogP contribution is 2.27. The summed E-state index contributed by atoms with van der Waals surface area (Å²) >= 11 is 0. The third-order valence-electron chi connectivity index (χ3n) is 3.45. The van der Waals surface area contributed by atoms with Gasteiger partial charge in [-0.2, -0.15) is 0 Å². The lowest BCUT2D eigenvalue weighted by molar-refractivity contribution is -0.137. The van der Waals surface area contributed by atoms with Crippen molar-refractivity contribution in [3.8, 4) is 0 Å². The second-order valence-corrected chi connectivity index (χ2v) is 5.12. The van der Waals surface area contributed by atoms with E-state index in [-0.39, 0.29) is 18.2 Å². The van der Waals surface area contributed by atoms with Crippen LogP contribution in [0.4, 0.5) is 0 Å². The van der Waals surface area contributed by atoms with Crippen LogP contribution in [0.1, 0.15) is 42.7 Å². The number of carboxylic acids is 1. The quantitative estimate of drug-likeness (QED) is 0.825. The van der Waals surface area contributed by atoms with Crippen molar-refractivity contribution in [2.45, 2.75) is 44.6 Å². The molecule has 0 aromatic heterocycles. The molecule has 1 unspecified atom stereocenters. The van der Waals surface area contributed by atoms with E-state index in [1.165, 1.54) is 0 Å². The van der Waals surface area contributed by atoms with E-state index < -0.39 is 5.97 Å². The normalized spacial score (nSPS) is 15.8. The standard InChI is InChI=1S/C15H19NO3/c1-10-4-2-3-5-12(10)13(8-9-14(17)18)15(19)16-11-6-7-11/h2-5,11,13H,6-9H2,1H3,(H,16,19)(H,17,18). The summed E-state index contributed by atoms with van der Waals surface area (Å²) in [5, 5.41) is 11.8. The third-order valence-corrected chi connectivity index (χ3v) is 3.45. The van der Waals surface area contributed by atoms with Gasteiger partial charge >= 0.3 is 5.97 Å². The number of hydrogen-bond donors (Lipinski definition) is 2. The molecular weight excluding hydrogens is 242 g/mol. The largest absolute Gasteiger partial charge is 0.481 e. The van der Waals surface area contributed by atoms with Gasteiger partial charge in [0.1, 0.15) is 0 Å². The van der Waals surface area contributed by atoms with Gasteiger partial charge in [0.05, 0.1) is 5.92 Å². The first-order valence-corrected chi connectivity index (χ1v) is 6.65. The van der Waals surface area contributed by atoms with Crippen molar-refractivity contribution in [3.05, 3.63) is 35.4 Å². The van der Waals surface area contributed by atoms with Crippen LogP contribution in [0.2, 0.25) is 0 Å². The Labute approximate surface area is 112 Å². The third kappa shape index (κ3) is 3.81. The molecule has 0 heterocycles. The zero-order valence-corrected chi connectivity index (χ0v) is 11.1. The lowest BCUT2D eigenvalue weighted by Gasteiger charge is -2.18. The molecule has 2 N–H and O–H groups in total. The predicted octanol–water partition coefficient (Wildman–Crippen LogP) is 2.22. The fourth-order valence-electron chi connectivity index (χ4n) is 2.20. The average molecular weight is 261 g/mol. The van der Waals surface area contributed by atoms with Gasteiger partial charge in [-0.05, 0) is 37.3 Å². The van der Waals surface area contributed by atoms with E-state index >= 15 is 0 Å². The van der Waals surface area contributed by atoms with Crippen LogP contribution in [0, 0.1) is 6.92 Å². The van der Waals surface area contributed by atoms with Gasteiger partial charge in [0.25, 0.3) is 0 Å². The smallest absolute Gasteiger partial charge is 0.303 e. The van der Waals surface area contributed by atoms with Crippen LogP contribution in [-0.4, -0.2) is 23.0 Å². The van der Waals surface area contributed by atoms with Crippen LogP contribution in [0.15, 0.2) is 24.3 Å². The van der Waals surface area contributed by atoms with Gasteiger partial charge in [0.2, 0.25) is 5.91 Å². The van der Waals surface area contributed by atoms with Crippen LogP contribution >= 0.6 is 0 Å². The maximum atomic E-state index is 12.3. The predicted molar refractivity (Wildman–Crippen MR) is 72.0 cm³/mol.